The Kier molecular flexibility index (Phi) is 2.32. The normalized spacial score (nSPS) is 56.9. The molecule has 3 aliphatic rings. The lowest BCUT2D eigenvalue weighted by Gasteiger charge is -2.45. The SMILES string of the molecule is C=C1[C@@H]2[C@@H](O)[C@@H](O)[C@H]3[C@@H]2[C@@H](C(C)C)CC[C@@]13C. The summed E-state index contributed by atoms with van der Waals surface area (Å²) in [5.74, 6) is 2.14. The molecule has 0 radical (unpaired) electrons. The van der Waals surface area contributed by atoms with Crippen LogP contribution >= 0.6 is 0 Å². The molecule has 3 rings (SSSR count). The summed E-state index contributed by atoms with van der Waals surface area (Å²) in [4.78, 5) is 0. The third-order valence-corrected chi connectivity index (χ3v) is 6.13. The maximum Gasteiger partial charge on any atom is 0.0870 e. The predicted molar refractivity (Wildman–Crippen MR) is 67.3 cm³/mol. The van der Waals surface area contributed by atoms with Crippen molar-refractivity contribution in [2.24, 2.45) is 35.0 Å². The van der Waals surface area contributed by atoms with E-state index in [0.717, 1.165) is 6.42 Å². The van der Waals surface area contributed by atoms with Crippen molar-refractivity contribution in [3.63, 3.8) is 0 Å². The van der Waals surface area contributed by atoms with E-state index in [1.54, 1.807) is 0 Å². The van der Waals surface area contributed by atoms with Crippen molar-refractivity contribution in [1.82, 2.24) is 0 Å². The molecular formula is C15H24O2. The van der Waals surface area contributed by atoms with Crippen LogP contribution in [0.25, 0.3) is 0 Å². The van der Waals surface area contributed by atoms with Crippen LogP contribution in [0.1, 0.15) is 33.6 Å². The topological polar surface area (TPSA) is 40.5 Å². The second-order valence-corrected chi connectivity index (χ2v) is 7.00. The van der Waals surface area contributed by atoms with Gasteiger partial charge in [0.25, 0.3) is 0 Å². The minimum Gasteiger partial charge on any atom is -0.390 e. The Morgan fingerprint density at radius 2 is 1.94 bits per heavy atom. The molecule has 0 unspecified atom stereocenters. The van der Waals surface area contributed by atoms with Gasteiger partial charge in [0.15, 0.2) is 0 Å². The fourth-order valence-electron chi connectivity index (χ4n) is 5.24. The van der Waals surface area contributed by atoms with Crippen LogP contribution < -0.4 is 0 Å². The standard InChI is InChI=1S/C15H24O2/c1-7(2)9-5-6-15(4)8(3)10-11(9)12(15)14(17)13(10)16/h7,9-14,16-17H,3,5-6H2,1-2,4H3/t9-,10+,11-,12-,13-,14+,15+/m1/s1. The van der Waals surface area contributed by atoms with Gasteiger partial charge in [0.05, 0.1) is 12.2 Å². The van der Waals surface area contributed by atoms with E-state index in [1.165, 1.54) is 12.0 Å². The number of hydrogen-bond acceptors (Lipinski definition) is 2. The highest BCUT2D eigenvalue weighted by atomic mass is 16.3. The summed E-state index contributed by atoms with van der Waals surface area (Å²) < 4.78 is 0. The molecule has 0 heterocycles. The van der Waals surface area contributed by atoms with Gasteiger partial charge >= 0.3 is 0 Å². The van der Waals surface area contributed by atoms with E-state index in [1.807, 2.05) is 0 Å². The zero-order chi connectivity index (χ0) is 12.5. The minimum atomic E-state index is -0.565. The maximum atomic E-state index is 10.3. The first kappa shape index (κ1) is 11.7. The van der Waals surface area contributed by atoms with Crippen LogP contribution in [0.2, 0.25) is 0 Å². The highest BCUT2D eigenvalue weighted by molar-refractivity contribution is 5.33. The molecule has 96 valence electrons. The van der Waals surface area contributed by atoms with Gasteiger partial charge in [0, 0.05) is 11.8 Å². The van der Waals surface area contributed by atoms with Gasteiger partial charge in [-0.15, -0.1) is 0 Å². The average Bonchev–Trinajstić information content (AvgIpc) is 2.58. The van der Waals surface area contributed by atoms with Gasteiger partial charge in [0.2, 0.25) is 0 Å². The largest absolute Gasteiger partial charge is 0.390 e. The summed E-state index contributed by atoms with van der Waals surface area (Å²) >= 11 is 0. The van der Waals surface area contributed by atoms with E-state index < -0.39 is 12.2 Å². The zero-order valence-corrected chi connectivity index (χ0v) is 11.1. The molecule has 3 aliphatic carbocycles. The molecule has 0 aromatic heterocycles. The zero-order valence-electron chi connectivity index (χ0n) is 11.1. The summed E-state index contributed by atoms with van der Waals surface area (Å²) in [7, 11) is 0. The van der Waals surface area contributed by atoms with E-state index in [-0.39, 0.29) is 17.3 Å². The Hall–Kier alpha value is -0.340. The molecule has 2 heteroatoms. The highest BCUT2D eigenvalue weighted by Crippen LogP contribution is 2.69. The number of hydrogen-bond donors (Lipinski definition) is 2. The molecule has 3 saturated carbocycles. The Bertz CT molecular complexity index is 362. The first-order valence-corrected chi connectivity index (χ1v) is 6.95. The summed E-state index contributed by atoms with van der Waals surface area (Å²) in [5.41, 5.74) is 1.30. The average molecular weight is 236 g/mol. The van der Waals surface area contributed by atoms with Gasteiger partial charge < -0.3 is 10.2 Å². The summed E-state index contributed by atoms with van der Waals surface area (Å²) in [6, 6.07) is 0. The molecule has 2 nitrogen and oxygen atoms in total. The molecule has 3 fully saturated rings. The lowest BCUT2D eigenvalue weighted by atomic mass is 9.61. The lowest BCUT2D eigenvalue weighted by Crippen LogP contribution is -2.45. The molecule has 0 aromatic rings. The molecule has 0 saturated heterocycles. The first-order valence-electron chi connectivity index (χ1n) is 6.95. The smallest absolute Gasteiger partial charge is 0.0870 e. The van der Waals surface area contributed by atoms with E-state index in [2.05, 4.69) is 27.4 Å². The second-order valence-electron chi connectivity index (χ2n) is 7.00. The van der Waals surface area contributed by atoms with Gasteiger partial charge in [-0.05, 0) is 36.0 Å². The van der Waals surface area contributed by atoms with Crippen molar-refractivity contribution in [2.75, 3.05) is 0 Å². The third-order valence-electron chi connectivity index (χ3n) is 6.13. The third kappa shape index (κ3) is 1.18. The van der Waals surface area contributed by atoms with Crippen LogP contribution in [-0.4, -0.2) is 22.4 Å². The van der Waals surface area contributed by atoms with Gasteiger partial charge in [0.1, 0.15) is 0 Å². The minimum absolute atomic E-state index is 0.0827. The summed E-state index contributed by atoms with van der Waals surface area (Å²) in [5, 5.41) is 20.5. The summed E-state index contributed by atoms with van der Waals surface area (Å²) in [6.45, 7) is 11.0. The van der Waals surface area contributed by atoms with Gasteiger partial charge in [-0.25, -0.2) is 0 Å². The lowest BCUT2D eigenvalue weighted by molar-refractivity contribution is -0.0499. The Balaban J connectivity index is 2.06. The van der Waals surface area contributed by atoms with Crippen molar-refractivity contribution >= 4 is 0 Å². The van der Waals surface area contributed by atoms with Crippen molar-refractivity contribution in [1.29, 1.82) is 0 Å². The van der Waals surface area contributed by atoms with E-state index in [0.29, 0.717) is 17.8 Å². The predicted octanol–water partition coefficient (Wildman–Crippen LogP) is 2.21. The Labute approximate surface area is 104 Å². The molecule has 0 aromatic carbocycles. The van der Waals surface area contributed by atoms with Crippen molar-refractivity contribution in [2.45, 2.75) is 45.8 Å². The van der Waals surface area contributed by atoms with Gasteiger partial charge in [-0.1, -0.05) is 32.9 Å². The fraction of sp³-hybridized carbons (Fsp3) is 0.867. The fourth-order valence-corrected chi connectivity index (χ4v) is 5.24. The van der Waals surface area contributed by atoms with Gasteiger partial charge in [-0.2, -0.15) is 0 Å². The number of aliphatic hydroxyl groups excluding tert-OH is 2. The van der Waals surface area contributed by atoms with Crippen molar-refractivity contribution in [3.8, 4) is 0 Å². The van der Waals surface area contributed by atoms with Crippen molar-refractivity contribution < 1.29 is 10.2 Å². The number of rotatable bonds is 1. The van der Waals surface area contributed by atoms with E-state index >= 15 is 0 Å². The maximum absolute atomic E-state index is 10.3. The van der Waals surface area contributed by atoms with E-state index in [4.69, 9.17) is 0 Å². The monoisotopic (exact) mass is 236 g/mol. The first-order chi connectivity index (χ1) is 7.89. The molecule has 0 aliphatic heterocycles. The Morgan fingerprint density at radius 1 is 1.29 bits per heavy atom. The second kappa shape index (κ2) is 3.36. The van der Waals surface area contributed by atoms with Crippen LogP contribution in [0.3, 0.4) is 0 Å². The summed E-state index contributed by atoms with van der Waals surface area (Å²) in [6.07, 6.45) is 1.27. The highest BCUT2D eigenvalue weighted by Gasteiger charge is 2.68. The van der Waals surface area contributed by atoms with Crippen molar-refractivity contribution in [3.05, 3.63) is 12.2 Å². The molecule has 0 spiro atoms. The van der Waals surface area contributed by atoms with Crippen LogP contribution in [-0.2, 0) is 0 Å². The number of aliphatic hydroxyl groups is 2. The molecule has 2 N–H and O–H groups in total. The van der Waals surface area contributed by atoms with Crippen LogP contribution in [0.4, 0.5) is 0 Å². The molecule has 0 amide bonds. The van der Waals surface area contributed by atoms with Gasteiger partial charge in [-0.3, -0.25) is 0 Å². The molecule has 17 heavy (non-hydrogen) atoms. The Morgan fingerprint density at radius 3 is 2.53 bits per heavy atom. The van der Waals surface area contributed by atoms with Crippen LogP contribution in [0.5, 0.6) is 0 Å². The van der Waals surface area contributed by atoms with E-state index in [9.17, 15) is 10.2 Å². The molecule has 7 atom stereocenters. The van der Waals surface area contributed by atoms with Crippen LogP contribution in [0, 0.1) is 35.0 Å². The quantitative estimate of drug-likeness (QED) is 0.685. The van der Waals surface area contributed by atoms with Crippen LogP contribution in [0.15, 0.2) is 12.2 Å². The molecular weight excluding hydrogens is 212 g/mol. The molecule has 4 bridgehead atoms.